The second-order valence-corrected chi connectivity index (χ2v) is 5.93. The third-order valence-electron chi connectivity index (χ3n) is 3.00. The number of furan rings is 1. The Labute approximate surface area is 128 Å². The van der Waals surface area contributed by atoms with Gasteiger partial charge in [-0.05, 0) is 45.0 Å². The van der Waals surface area contributed by atoms with Crippen LogP contribution in [0.1, 0.15) is 31.1 Å². The molecular formula is C17H16N2O3. The van der Waals surface area contributed by atoms with E-state index in [2.05, 4.69) is 9.97 Å². The predicted octanol–water partition coefficient (Wildman–Crippen LogP) is 3.85. The standard InChI is InChI=1S/C17H16N2O3/c1-17(2,3)22-16(20)11-6-8-18-13(9-11)12-10-21-14-5-4-7-19-15(12)14/h4-10H,1-3H3. The molecule has 0 fully saturated rings. The third-order valence-corrected chi connectivity index (χ3v) is 3.00. The number of esters is 1. The summed E-state index contributed by atoms with van der Waals surface area (Å²) in [5.74, 6) is -0.378. The highest BCUT2D eigenvalue weighted by Crippen LogP contribution is 2.28. The molecule has 0 unspecified atom stereocenters. The molecule has 0 saturated carbocycles. The van der Waals surface area contributed by atoms with Crippen LogP contribution >= 0.6 is 0 Å². The average molecular weight is 296 g/mol. The molecule has 0 bridgehead atoms. The lowest BCUT2D eigenvalue weighted by Crippen LogP contribution is -2.23. The summed E-state index contributed by atoms with van der Waals surface area (Å²) in [5.41, 5.74) is 2.69. The van der Waals surface area contributed by atoms with Gasteiger partial charge < -0.3 is 9.15 Å². The number of hydrogen-bond acceptors (Lipinski definition) is 5. The number of pyridine rings is 2. The van der Waals surface area contributed by atoms with Gasteiger partial charge in [0, 0.05) is 12.4 Å². The van der Waals surface area contributed by atoms with Crippen LogP contribution in [0.3, 0.4) is 0 Å². The SMILES string of the molecule is CC(C)(C)OC(=O)c1ccnc(-c2coc3cccnc23)c1. The highest BCUT2D eigenvalue weighted by Gasteiger charge is 2.19. The van der Waals surface area contributed by atoms with Crippen LogP contribution in [0, 0.1) is 0 Å². The number of fused-ring (bicyclic) bond motifs is 1. The van der Waals surface area contributed by atoms with Gasteiger partial charge in [-0.2, -0.15) is 0 Å². The molecule has 0 saturated heterocycles. The molecule has 0 amide bonds. The number of hydrogen-bond donors (Lipinski definition) is 0. The number of rotatable bonds is 2. The van der Waals surface area contributed by atoms with Gasteiger partial charge in [-0.3, -0.25) is 9.97 Å². The fourth-order valence-corrected chi connectivity index (χ4v) is 2.09. The summed E-state index contributed by atoms with van der Waals surface area (Å²) in [4.78, 5) is 20.8. The van der Waals surface area contributed by atoms with Crippen molar-refractivity contribution >= 4 is 17.1 Å². The number of carbonyl (C=O) groups excluding carboxylic acids is 1. The van der Waals surface area contributed by atoms with Crippen molar-refractivity contribution in [2.45, 2.75) is 26.4 Å². The second kappa shape index (κ2) is 5.26. The lowest BCUT2D eigenvalue weighted by atomic mass is 10.1. The normalized spacial score (nSPS) is 11.6. The first-order chi connectivity index (χ1) is 10.4. The Morgan fingerprint density at radius 2 is 2.00 bits per heavy atom. The number of ether oxygens (including phenoxy) is 1. The van der Waals surface area contributed by atoms with E-state index < -0.39 is 5.60 Å². The zero-order valence-electron chi connectivity index (χ0n) is 12.7. The first-order valence-electron chi connectivity index (χ1n) is 6.96. The zero-order valence-corrected chi connectivity index (χ0v) is 12.7. The molecule has 0 aromatic carbocycles. The Balaban J connectivity index is 1.99. The monoisotopic (exact) mass is 296 g/mol. The Bertz CT molecular complexity index is 831. The second-order valence-electron chi connectivity index (χ2n) is 5.93. The molecule has 3 aromatic heterocycles. The quantitative estimate of drug-likeness (QED) is 0.672. The third kappa shape index (κ3) is 2.83. The van der Waals surface area contributed by atoms with Gasteiger partial charge in [-0.1, -0.05) is 0 Å². The van der Waals surface area contributed by atoms with Crippen LogP contribution in [0.4, 0.5) is 0 Å². The van der Waals surface area contributed by atoms with Gasteiger partial charge in [0.25, 0.3) is 0 Å². The zero-order chi connectivity index (χ0) is 15.7. The first kappa shape index (κ1) is 14.3. The van der Waals surface area contributed by atoms with Crippen molar-refractivity contribution in [1.82, 2.24) is 9.97 Å². The van der Waals surface area contributed by atoms with E-state index in [1.807, 2.05) is 26.8 Å². The van der Waals surface area contributed by atoms with E-state index in [9.17, 15) is 4.79 Å². The van der Waals surface area contributed by atoms with Gasteiger partial charge in [-0.15, -0.1) is 0 Å². The Kier molecular flexibility index (Phi) is 3.41. The summed E-state index contributed by atoms with van der Waals surface area (Å²) in [6.45, 7) is 5.50. The average Bonchev–Trinajstić information content (AvgIpc) is 2.89. The van der Waals surface area contributed by atoms with E-state index >= 15 is 0 Å². The fraction of sp³-hybridized carbons (Fsp3) is 0.235. The summed E-state index contributed by atoms with van der Waals surface area (Å²) in [7, 11) is 0. The maximum atomic E-state index is 12.2. The Hall–Kier alpha value is -2.69. The van der Waals surface area contributed by atoms with Crippen LogP contribution < -0.4 is 0 Å². The van der Waals surface area contributed by atoms with Gasteiger partial charge in [0.15, 0.2) is 5.58 Å². The number of carbonyl (C=O) groups is 1. The summed E-state index contributed by atoms with van der Waals surface area (Å²) in [6.07, 6.45) is 4.87. The molecular weight excluding hydrogens is 280 g/mol. The molecule has 112 valence electrons. The first-order valence-corrected chi connectivity index (χ1v) is 6.96. The fourth-order valence-electron chi connectivity index (χ4n) is 2.09. The minimum Gasteiger partial charge on any atom is -0.462 e. The molecule has 0 aliphatic heterocycles. The molecule has 0 spiro atoms. The van der Waals surface area contributed by atoms with Crippen LogP contribution in [0.5, 0.6) is 0 Å². The Morgan fingerprint density at radius 1 is 1.18 bits per heavy atom. The number of nitrogens with zero attached hydrogens (tertiary/aromatic N) is 2. The molecule has 3 heterocycles. The molecule has 5 heteroatoms. The highest BCUT2D eigenvalue weighted by molar-refractivity contribution is 5.93. The van der Waals surface area contributed by atoms with Crippen molar-refractivity contribution in [3.05, 3.63) is 48.5 Å². The van der Waals surface area contributed by atoms with Crippen LogP contribution in [0.25, 0.3) is 22.4 Å². The largest absolute Gasteiger partial charge is 0.462 e. The molecule has 5 nitrogen and oxygen atoms in total. The lowest BCUT2D eigenvalue weighted by Gasteiger charge is -2.19. The van der Waals surface area contributed by atoms with Crippen molar-refractivity contribution < 1.29 is 13.9 Å². The predicted molar refractivity (Wildman–Crippen MR) is 82.4 cm³/mol. The molecule has 0 atom stereocenters. The summed E-state index contributed by atoms with van der Waals surface area (Å²) >= 11 is 0. The van der Waals surface area contributed by atoms with E-state index in [0.717, 1.165) is 11.1 Å². The van der Waals surface area contributed by atoms with E-state index in [-0.39, 0.29) is 5.97 Å². The molecule has 3 aromatic rings. The van der Waals surface area contributed by atoms with E-state index in [4.69, 9.17) is 9.15 Å². The van der Waals surface area contributed by atoms with Gasteiger partial charge in [-0.25, -0.2) is 4.79 Å². The molecule has 0 radical (unpaired) electrons. The Morgan fingerprint density at radius 3 is 2.77 bits per heavy atom. The van der Waals surface area contributed by atoms with Crippen molar-refractivity contribution in [2.24, 2.45) is 0 Å². The van der Waals surface area contributed by atoms with Gasteiger partial charge in [0.1, 0.15) is 17.4 Å². The molecule has 0 N–H and O–H groups in total. The maximum Gasteiger partial charge on any atom is 0.338 e. The van der Waals surface area contributed by atoms with Crippen LogP contribution in [0.15, 0.2) is 47.3 Å². The van der Waals surface area contributed by atoms with Gasteiger partial charge >= 0.3 is 5.97 Å². The maximum absolute atomic E-state index is 12.2. The van der Waals surface area contributed by atoms with E-state index in [1.54, 1.807) is 36.9 Å². The molecule has 0 aliphatic rings. The van der Waals surface area contributed by atoms with E-state index in [1.165, 1.54) is 0 Å². The van der Waals surface area contributed by atoms with Gasteiger partial charge in [0.2, 0.25) is 0 Å². The topological polar surface area (TPSA) is 65.2 Å². The summed E-state index contributed by atoms with van der Waals surface area (Å²) in [6, 6.07) is 6.96. The van der Waals surface area contributed by atoms with Crippen molar-refractivity contribution in [3.8, 4) is 11.3 Å². The smallest absolute Gasteiger partial charge is 0.338 e. The number of aromatic nitrogens is 2. The van der Waals surface area contributed by atoms with Crippen LogP contribution in [0.2, 0.25) is 0 Å². The minimum atomic E-state index is -0.537. The van der Waals surface area contributed by atoms with Crippen LogP contribution in [-0.4, -0.2) is 21.5 Å². The highest BCUT2D eigenvalue weighted by atomic mass is 16.6. The molecule has 3 rings (SSSR count). The molecule has 0 aliphatic carbocycles. The lowest BCUT2D eigenvalue weighted by molar-refractivity contribution is 0.00694. The van der Waals surface area contributed by atoms with Crippen molar-refractivity contribution in [1.29, 1.82) is 0 Å². The summed E-state index contributed by atoms with van der Waals surface area (Å²) < 4.78 is 10.8. The van der Waals surface area contributed by atoms with Crippen molar-refractivity contribution in [3.63, 3.8) is 0 Å². The summed E-state index contributed by atoms with van der Waals surface area (Å²) in [5, 5.41) is 0. The van der Waals surface area contributed by atoms with Crippen molar-refractivity contribution in [2.75, 3.05) is 0 Å². The minimum absolute atomic E-state index is 0.378. The van der Waals surface area contributed by atoms with Gasteiger partial charge in [0.05, 0.1) is 16.8 Å². The molecule has 22 heavy (non-hydrogen) atoms. The van der Waals surface area contributed by atoms with Crippen LogP contribution in [-0.2, 0) is 4.74 Å². The van der Waals surface area contributed by atoms with E-state index in [0.29, 0.717) is 16.8 Å².